The van der Waals surface area contributed by atoms with Crippen molar-refractivity contribution in [3.8, 4) is 5.75 Å². The maximum absolute atomic E-state index is 11.2. The van der Waals surface area contributed by atoms with Gasteiger partial charge in [-0.3, -0.25) is 0 Å². The molecule has 1 N–H and O–H groups in total. The van der Waals surface area contributed by atoms with Crippen molar-refractivity contribution in [3.05, 3.63) is 23.9 Å². The summed E-state index contributed by atoms with van der Waals surface area (Å²) in [6.45, 7) is 0. The predicted octanol–water partition coefficient (Wildman–Crippen LogP) is 1.32. The van der Waals surface area contributed by atoms with Gasteiger partial charge in [-0.2, -0.15) is 0 Å². The first-order chi connectivity index (χ1) is 6.74. The molecule has 0 aliphatic carbocycles. The lowest BCUT2D eigenvalue weighted by molar-refractivity contribution is 0.0591. The molecule has 1 heterocycles. The number of benzene rings is 1. The van der Waals surface area contributed by atoms with Crippen molar-refractivity contribution >= 4 is 16.9 Å². The minimum Gasteiger partial charge on any atom is -0.507 e. The summed E-state index contributed by atoms with van der Waals surface area (Å²) >= 11 is 0. The summed E-state index contributed by atoms with van der Waals surface area (Å²) in [6, 6.07) is 4.66. The van der Waals surface area contributed by atoms with E-state index in [0.717, 1.165) is 0 Å². The van der Waals surface area contributed by atoms with Crippen LogP contribution in [0.4, 0.5) is 0 Å². The number of aromatic nitrogens is 1. The first-order valence-electron chi connectivity index (χ1n) is 3.89. The molecular formula is C9H7NO4. The Morgan fingerprint density at radius 1 is 1.57 bits per heavy atom. The maximum atomic E-state index is 11.2. The van der Waals surface area contributed by atoms with Crippen LogP contribution in [0.2, 0.25) is 0 Å². The van der Waals surface area contributed by atoms with Gasteiger partial charge in [0.25, 0.3) is 0 Å². The Morgan fingerprint density at radius 3 is 3.07 bits per heavy atom. The highest BCUT2D eigenvalue weighted by molar-refractivity contribution is 6.03. The molecule has 0 bridgehead atoms. The molecule has 0 atom stereocenters. The lowest BCUT2D eigenvalue weighted by Gasteiger charge is -1.95. The van der Waals surface area contributed by atoms with E-state index in [1.54, 1.807) is 12.1 Å². The summed E-state index contributed by atoms with van der Waals surface area (Å²) in [6.07, 6.45) is 0. The predicted molar refractivity (Wildman–Crippen MR) is 47.0 cm³/mol. The molecule has 14 heavy (non-hydrogen) atoms. The smallest absolute Gasteiger partial charge is 0.361 e. The summed E-state index contributed by atoms with van der Waals surface area (Å²) in [5.41, 5.74) is 0.339. The molecule has 72 valence electrons. The van der Waals surface area contributed by atoms with Crippen molar-refractivity contribution in [2.45, 2.75) is 0 Å². The van der Waals surface area contributed by atoms with Gasteiger partial charge in [-0.25, -0.2) is 4.79 Å². The lowest BCUT2D eigenvalue weighted by atomic mass is 10.2. The molecule has 0 saturated carbocycles. The third kappa shape index (κ3) is 1.10. The van der Waals surface area contributed by atoms with E-state index in [9.17, 15) is 9.90 Å². The number of ether oxygens (including phenoxy) is 1. The number of esters is 1. The van der Waals surface area contributed by atoms with Crippen LogP contribution in [0.5, 0.6) is 5.75 Å². The number of aromatic hydroxyl groups is 1. The van der Waals surface area contributed by atoms with Crippen molar-refractivity contribution in [3.63, 3.8) is 0 Å². The van der Waals surface area contributed by atoms with Gasteiger partial charge in [-0.15, -0.1) is 0 Å². The van der Waals surface area contributed by atoms with Gasteiger partial charge in [0.1, 0.15) is 5.75 Å². The molecule has 0 radical (unpaired) electrons. The van der Waals surface area contributed by atoms with Crippen LogP contribution in [-0.4, -0.2) is 23.3 Å². The van der Waals surface area contributed by atoms with Crippen LogP contribution in [0, 0.1) is 0 Å². The van der Waals surface area contributed by atoms with Gasteiger partial charge in [0, 0.05) is 0 Å². The Bertz CT molecular complexity index is 489. The van der Waals surface area contributed by atoms with E-state index in [-0.39, 0.29) is 16.8 Å². The van der Waals surface area contributed by atoms with Gasteiger partial charge in [0.15, 0.2) is 5.58 Å². The lowest BCUT2D eigenvalue weighted by Crippen LogP contribution is -2.01. The highest BCUT2D eigenvalue weighted by Gasteiger charge is 2.18. The molecule has 1 aromatic carbocycles. The summed E-state index contributed by atoms with van der Waals surface area (Å²) < 4.78 is 9.33. The molecule has 5 nitrogen and oxygen atoms in total. The Morgan fingerprint density at radius 2 is 2.36 bits per heavy atom. The fourth-order valence-electron chi connectivity index (χ4n) is 1.21. The molecule has 0 amide bonds. The number of carbonyl (C=O) groups excluding carboxylic acids is 1. The number of phenols is 1. The zero-order chi connectivity index (χ0) is 10.1. The van der Waals surface area contributed by atoms with Crippen molar-refractivity contribution < 1.29 is 19.2 Å². The molecule has 0 saturated heterocycles. The maximum Gasteiger partial charge on any atom is 0.361 e. The minimum atomic E-state index is -0.634. The Labute approximate surface area is 78.9 Å². The molecule has 0 fully saturated rings. The highest BCUT2D eigenvalue weighted by Crippen LogP contribution is 2.27. The van der Waals surface area contributed by atoms with Crippen LogP contribution >= 0.6 is 0 Å². The summed E-state index contributed by atoms with van der Waals surface area (Å²) in [7, 11) is 1.24. The Hall–Kier alpha value is -2.04. The molecule has 0 spiro atoms. The summed E-state index contributed by atoms with van der Waals surface area (Å²) in [5.74, 6) is -0.686. The second kappa shape index (κ2) is 3.02. The van der Waals surface area contributed by atoms with Gasteiger partial charge < -0.3 is 14.4 Å². The number of fused-ring (bicyclic) bond motifs is 1. The minimum absolute atomic E-state index is 0.0133. The van der Waals surface area contributed by atoms with E-state index in [0.29, 0.717) is 5.58 Å². The topological polar surface area (TPSA) is 72.6 Å². The van der Waals surface area contributed by atoms with E-state index in [2.05, 4.69) is 9.89 Å². The fourth-order valence-corrected chi connectivity index (χ4v) is 1.21. The van der Waals surface area contributed by atoms with Crippen molar-refractivity contribution in [2.75, 3.05) is 7.11 Å². The quantitative estimate of drug-likeness (QED) is 0.691. The van der Waals surface area contributed by atoms with Gasteiger partial charge in [0.2, 0.25) is 5.69 Å². The third-order valence-corrected chi connectivity index (χ3v) is 1.86. The standard InChI is InChI=1S/C9H7NO4/c1-13-9(12)8-7-5(11)3-2-4-6(7)14-10-8/h2-4,11H,1H3. The van der Waals surface area contributed by atoms with E-state index in [1.807, 2.05) is 0 Å². The summed E-state index contributed by atoms with van der Waals surface area (Å²) in [5, 5.41) is 13.3. The first-order valence-corrected chi connectivity index (χ1v) is 3.89. The van der Waals surface area contributed by atoms with Crippen molar-refractivity contribution in [1.29, 1.82) is 0 Å². The number of methoxy groups -OCH3 is 1. The SMILES string of the molecule is COC(=O)c1noc2cccc(O)c12. The number of hydrogen-bond donors (Lipinski definition) is 1. The Kier molecular flexibility index (Phi) is 1.85. The van der Waals surface area contributed by atoms with Crippen LogP contribution in [-0.2, 0) is 4.74 Å². The van der Waals surface area contributed by atoms with Crippen LogP contribution in [0.15, 0.2) is 22.7 Å². The van der Waals surface area contributed by atoms with E-state index < -0.39 is 5.97 Å². The van der Waals surface area contributed by atoms with Crippen LogP contribution in [0.1, 0.15) is 10.5 Å². The average molecular weight is 193 g/mol. The molecule has 2 rings (SSSR count). The molecule has 0 aliphatic rings. The highest BCUT2D eigenvalue weighted by atomic mass is 16.5. The van der Waals surface area contributed by atoms with E-state index in [1.165, 1.54) is 13.2 Å². The zero-order valence-electron chi connectivity index (χ0n) is 7.35. The van der Waals surface area contributed by atoms with E-state index in [4.69, 9.17) is 4.52 Å². The first kappa shape index (κ1) is 8.55. The molecule has 0 aliphatic heterocycles. The zero-order valence-corrected chi connectivity index (χ0v) is 7.35. The molecule has 0 unspecified atom stereocenters. The normalized spacial score (nSPS) is 10.4. The number of carbonyl (C=O) groups is 1. The van der Waals surface area contributed by atoms with Crippen molar-refractivity contribution in [1.82, 2.24) is 5.16 Å². The second-order valence-electron chi connectivity index (χ2n) is 2.67. The van der Waals surface area contributed by atoms with Gasteiger partial charge in [-0.1, -0.05) is 11.2 Å². The molecular weight excluding hydrogens is 186 g/mol. The van der Waals surface area contributed by atoms with Crippen LogP contribution in [0.25, 0.3) is 11.0 Å². The number of nitrogens with zero attached hydrogens (tertiary/aromatic N) is 1. The molecule has 2 aromatic rings. The van der Waals surface area contributed by atoms with Gasteiger partial charge >= 0.3 is 5.97 Å². The van der Waals surface area contributed by atoms with Gasteiger partial charge in [-0.05, 0) is 12.1 Å². The van der Waals surface area contributed by atoms with Crippen LogP contribution < -0.4 is 0 Å². The monoisotopic (exact) mass is 193 g/mol. The average Bonchev–Trinajstić information content (AvgIpc) is 2.62. The Balaban J connectivity index is 2.73. The van der Waals surface area contributed by atoms with Crippen LogP contribution in [0.3, 0.4) is 0 Å². The molecule has 1 aromatic heterocycles. The largest absolute Gasteiger partial charge is 0.507 e. The third-order valence-electron chi connectivity index (χ3n) is 1.86. The fraction of sp³-hybridized carbons (Fsp3) is 0.111. The number of phenolic OH excluding ortho intramolecular Hbond substituents is 1. The molecule has 5 heteroatoms. The number of hydrogen-bond acceptors (Lipinski definition) is 5. The summed E-state index contributed by atoms with van der Waals surface area (Å²) in [4.78, 5) is 11.2. The number of rotatable bonds is 1. The van der Waals surface area contributed by atoms with Gasteiger partial charge in [0.05, 0.1) is 12.5 Å². The second-order valence-corrected chi connectivity index (χ2v) is 2.67. The van der Waals surface area contributed by atoms with E-state index >= 15 is 0 Å². The van der Waals surface area contributed by atoms with Crippen molar-refractivity contribution in [2.24, 2.45) is 0 Å².